The lowest BCUT2D eigenvalue weighted by atomic mass is 9.88. The molecule has 4 nitrogen and oxygen atoms in total. The number of hydrogen-bond donors (Lipinski definition) is 1. The predicted octanol–water partition coefficient (Wildman–Crippen LogP) is 1.85. The fourth-order valence-corrected chi connectivity index (χ4v) is 3.56. The minimum absolute atomic E-state index is 0.0988. The van der Waals surface area contributed by atoms with Crippen molar-refractivity contribution in [1.29, 1.82) is 5.26 Å². The SMILES string of the molecule is N#CCC(c1ccccc1)N1CCCC2C(=O)NCC21. The minimum Gasteiger partial charge on any atom is -0.354 e. The van der Waals surface area contributed by atoms with Gasteiger partial charge in [0.25, 0.3) is 0 Å². The first-order valence-electron chi connectivity index (χ1n) is 7.26. The average Bonchev–Trinajstić information content (AvgIpc) is 2.88. The molecule has 1 N–H and O–H groups in total. The van der Waals surface area contributed by atoms with Crippen LogP contribution in [0.2, 0.25) is 0 Å². The summed E-state index contributed by atoms with van der Waals surface area (Å²) < 4.78 is 0. The molecule has 3 unspecified atom stereocenters. The summed E-state index contributed by atoms with van der Waals surface area (Å²) in [4.78, 5) is 14.2. The zero-order chi connectivity index (χ0) is 13.9. The number of amides is 1. The van der Waals surface area contributed by atoms with Crippen molar-refractivity contribution in [2.75, 3.05) is 13.1 Å². The summed E-state index contributed by atoms with van der Waals surface area (Å²) in [7, 11) is 0. The molecule has 0 aromatic heterocycles. The molecule has 2 aliphatic heterocycles. The van der Waals surface area contributed by atoms with Gasteiger partial charge in [0.2, 0.25) is 5.91 Å². The third kappa shape index (κ3) is 2.30. The molecule has 0 bridgehead atoms. The van der Waals surface area contributed by atoms with Crippen LogP contribution in [0.5, 0.6) is 0 Å². The summed E-state index contributed by atoms with van der Waals surface area (Å²) in [5.74, 6) is 0.289. The van der Waals surface area contributed by atoms with Crippen molar-refractivity contribution < 1.29 is 4.79 Å². The Morgan fingerprint density at radius 3 is 2.95 bits per heavy atom. The molecule has 4 heteroatoms. The van der Waals surface area contributed by atoms with Crippen molar-refractivity contribution in [3.8, 4) is 6.07 Å². The van der Waals surface area contributed by atoms with Crippen LogP contribution in [0.25, 0.3) is 0 Å². The van der Waals surface area contributed by atoms with E-state index in [2.05, 4.69) is 28.4 Å². The second-order valence-corrected chi connectivity index (χ2v) is 5.59. The highest BCUT2D eigenvalue weighted by atomic mass is 16.2. The van der Waals surface area contributed by atoms with Gasteiger partial charge in [0.15, 0.2) is 0 Å². The van der Waals surface area contributed by atoms with Gasteiger partial charge in [0.1, 0.15) is 0 Å². The van der Waals surface area contributed by atoms with Gasteiger partial charge in [-0.1, -0.05) is 30.3 Å². The van der Waals surface area contributed by atoms with E-state index in [-0.39, 0.29) is 23.9 Å². The molecule has 3 atom stereocenters. The fraction of sp³-hybridized carbons (Fsp3) is 0.500. The van der Waals surface area contributed by atoms with Gasteiger partial charge in [-0.2, -0.15) is 5.26 Å². The van der Waals surface area contributed by atoms with E-state index in [0.717, 1.165) is 25.9 Å². The summed E-state index contributed by atoms with van der Waals surface area (Å²) in [5.41, 5.74) is 1.18. The Labute approximate surface area is 119 Å². The number of carbonyl (C=O) groups excluding carboxylic acids is 1. The third-order valence-electron chi connectivity index (χ3n) is 4.51. The Kier molecular flexibility index (Phi) is 3.70. The summed E-state index contributed by atoms with van der Waals surface area (Å²) >= 11 is 0. The molecule has 2 heterocycles. The van der Waals surface area contributed by atoms with E-state index in [1.54, 1.807) is 0 Å². The maximum absolute atomic E-state index is 11.9. The van der Waals surface area contributed by atoms with Crippen molar-refractivity contribution >= 4 is 5.91 Å². The number of piperidine rings is 1. The maximum Gasteiger partial charge on any atom is 0.224 e. The number of nitriles is 1. The molecule has 2 aliphatic rings. The number of nitrogens with zero attached hydrogens (tertiary/aromatic N) is 2. The van der Waals surface area contributed by atoms with E-state index in [9.17, 15) is 4.79 Å². The van der Waals surface area contributed by atoms with Crippen molar-refractivity contribution in [1.82, 2.24) is 10.2 Å². The Balaban J connectivity index is 1.88. The smallest absolute Gasteiger partial charge is 0.224 e. The molecule has 0 spiro atoms. The van der Waals surface area contributed by atoms with Gasteiger partial charge in [0, 0.05) is 18.6 Å². The van der Waals surface area contributed by atoms with Crippen molar-refractivity contribution in [3.05, 3.63) is 35.9 Å². The second kappa shape index (κ2) is 5.64. The molecule has 2 fully saturated rings. The number of likely N-dealkylation sites (tertiary alicyclic amines) is 1. The second-order valence-electron chi connectivity index (χ2n) is 5.59. The molecule has 3 rings (SSSR count). The van der Waals surface area contributed by atoms with Crippen molar-refractivity contribution in [2.24, 2.45) is 5.92 Å². The Bertz CT molecular complexity index is 522. The average molecular weight is 269 g/mol. The molecule has 20 heavy (non-hydrogen) atoms. The number of fused-ring (bicyclic) bond motifs is 1. The quantitative estimate of drug-likeness (QED) is 0.911. The van der Waals surface area contributed by atoms with Crippen molar-refractivity contribution in [2.45, 2.75) is 31.3 Å². The number of nitrogens with one attached hydrogen (secondary N) is 1. The molecule has 1 aromatic carbocycles. The van der Waals surface area contributed by atoms with Crippen LogP contribution in [-0.2, 0) is 4.79 Å². The highest BCUT2D eigenvalue weighted by Gasteiger charge is 2.43. The molecule has 0 radical (unpaired) electrons. The molecule has 1 amide bonds. The van der Waals surface area contributed by atoms with E-state index in [4.69, 9.17) is 5.26 Å². The number of rotatable bonds is 3. The lowest BCUT2D eigenvalue weighted by Crippen LogP contribution is -2.47. The minimum atomic E-state index is 0.0988. The van der Waals surface area contributed by atoms with E-state index in [1.165, 1.54) is 5.56 Å². The number of carbonyl (C=O) groups is 1. The summed E-state index contributed by atoms with van der Waals surface area (Å²) in [6, 6.07) is 12.8. The van der Waals surface area contributed by atoms with E-state index in [1.807, 2.05) is 18.2 Å². The van der Waals surface area contributed by atoms with Gasteiger partial charge in [-0.15, -0.1) is 0 Å². The van der Waals surface area contributed by atoms with Crippen LogP contribution in [0.4, 0.5) is 0 Å². The Hall–Kier alpha value is -1.86. The standard InChI is InChI=1S/C16H19N3O/c17-9-8-14(12-5-2-1-3-6-12)19-10-4-7-13-15(19)11-18-16(13)20/h1-3,5-6,13-15H,4,7-8,10-11H2,(H,18,20). The highest BCUT2D eigenvalue weighted by Crippen LogP contribution is 2.35. The molecule has 0 aliphatic carbocycles. The van der Waals surface area contributed by atoms with E-state index in [0.29, 0.717) is 6.42 Å². The normalized spacial score (nSPS) is 27.4. The summed E-state index contributed by atoms with van der Waals surface area (Å²) in [6.07, 6.45) is 2.48. The van der Waals surface area contributed by atoms with Crippen LogP contribution in [0.1, 0.15) is 30.9 Å². The van der Waals surface area contributed by atoms with Crippen molar-refractivity contribution in [3.63, 3.8) is 0 Å². The van der Waals surface area contributed by atoms with Crippen LogP contribution in [0.3, 0.4) is 0 Å². The van der Waals surface area contributed by atoms with Crippen LogP contribution in [0.15, 0.2) is 30.3 Å². The molecular weight excluding hydrogens is 250 g/mol. The summed E-state index contributed by atoms with van der Waals surface area (Å²) in [6.45, 7) is 1.69. The molecule has 104 valence electrons. The van der Waals surface area contributed by atoms with E-state index < -0.39 is 0 Å². The predicted molar refractivity (Wildman–Crippen MR) is 75.6 cm³/mol. The van der Waals surface area contributed by atoms with Crippen LogP contribution >= 0.6 is 0 Å². The lowest BCUT2D eigenvalue weighted by Gasteiger charge is -2.40. The topological polar surface area (TPSA) is 56.1 Å². The van der Waals surface area contributed by atoms with Crippen LogP contribution < -0.4 is 5.32 Å². The fourth-order valence-electron chi connectivity index (χ4n) is 3.56. The molecular formula is C16H19N3O. The Morgan fingerprint density at radius 1 is 1.40 bits per heavy atom. The number of benzene rings is 1. The third-order valence-corrected chi connectivity index (χ3v) is 4.51. The lowest BCUT2D eigenvalue weighted by molar-refractivity contribution is -0.124. The first-order chi connectivity index (χ1) is 9.81. The highest BCUT2D eigenvalue weighted by molar-refractivity contribution is 5.82. The van der Waals surface area contributed by atoms with Crippen LogP contribution in [-0.4, -0.2) is 29.9 Å². The van der Waals surface area contributed by atoms with Gasteiger partial charge in [-0.25, -0.2) is 0 Å². The van der Waals surface area contributed by atoms with Gasteiger partial charge in [0.05, 0.1) is 18.4 Å². The number of hydrogen-bond acceptors (Lipinski definition) is 3. The zero-order valence-corrected chi connectivity index (χ0v) is 11.5. The Morgan fingerprint density at radius 2 is 2.20 bits per heavy atom. The monoisotopic (exact) mass is 269 g/mol. The van der Waals surface area contributed by atoms with Crippen LogP contribution in [0, 0.1) is 17.2 Å². The molecule has 0 saturated carbocycles. The zero-order valence-electron chi connectivity index (χ0n) is 11.5. The van der Waals surface area contributed by atoms with Gasteiger partial charge < -0.3 is 5.32 Å². The first-order valence-corrected chi connectivity index (χ1v) is 7.26. The van der Waals surface area contributed by atoms with Gasteiger partial charge in [-0.05, 0) is 24.9 Å². The van der Waals surface area contributed by atoms with E-state index >= 15 is 0 Å². The summed E-state index contributed by atoms with van der Waals surface area (Å²) in [5, 5.41) is 12.1. The maximum atomic E-state index is 11.9. The molecule has 2 saturated heterocycles. The van der Waals surface area contributed by atoms with Gasteiger partial charge in [-0.3, -0.25) is 9.69 Å². The molecule has 1 aromatic rings. The largest absolute Gasteiger partial charge is 0.354 e. The first kappa shape index (κ1) is 13.1. The van der Waals surface area contributed by atoms with Gasteiger partial charge >= 0.3 is 0 Å².